The summed E-state index contributed by atoms with van der Waals surface area (Å²) in [5.41, 5.74) is 1.45. The van der Waals surface area contributed by atoms with Crippen LogP contribution in [0, 0.1) is 0 Å². The van der Waals surface area contributed by atoms with Crippen molar-refractivity contribution in [1.29, 1.82) is 0 Å². The molecule has 0 aromatic heterocycles. The lowest BCUT2D eigenvalue weighted by Gasteiger charge is -2.40. The van der Waals surface area contributed by atoms with Crippen molar-refractivity contribution in [2.24, 2.45) is 0 Å². The van der Waals surface area contributed by atoms with Crippen LogP contribution in [0.5, 0.6) is 11.5 Å². The molecule has 10 nitrogen and oxygen atoms in total. The van der Waals surface area contributed by atoms with Crippen LogP contribution in [0.4, 0.5) is 28.4 Å². The van der Waals surface area contributed by atoms with Crippen LogP contribution in [-0.4, -0.2) is 84.6 Å². The zero-order valence-electron chi connectivity index (χ0n) is 26.3. The minimum absolute atomic E-state index is 0.0723. The zero-order chi connectivity index (χ0) is 33.1. The highest BCUT2D eigenvalue weighted by atomic mass is 19.4. The number of cyclic esters (lactones) is 1. The Bertz CT molecular complexity index is 1410. The molecule has 3 amide bonds. The normalized spacial score (nSPS) is 18.1. The van der Waals surface area contributed by atoms with Gasteiger partial charge in [0.25, 0.3) is 0 Å². The number of carbonyl (C=O) groups is 3. The molecular formula is C33H40F3N3O7. The molecule has 0 atom stereocenters. The minimum atomic E-state index is -4.57. The number of hydrogen-bond donors (Lipinski definition) is 0. The second-order valence-electron chi connectivity index (χ2n) is 12.8. The number of halogens is 3. The molecule has 46 heavy (non-hydrogen) atoms. The van der Waals surface area contributed by atoms with E-state index < -0.39 is 30.6 Å². The van der Waals surface area contributed by atoms with Gasteiger partial charge in [0.2, 0.25) is 5.91 Å². The van der Waals surface area contributed by atoms with Crippen molar-refractivity contribution in [3.63, 3.8) is 0 Å². The van der Waals surface area contributed by atoms with E-state index in [-0.39, 0.29) is 36.8 Å². The fraction of sp³-hybridized carbons (Fsp3) is 0.545. The molecular weight excluding hydrogens is 607 g/mol. The number of hydrogen-bond acceptors (Lipinski definition) is 7. The maximum atomic E-state index is 13.3. The molecule has 2 saturated heterocycles. The Balaban J connectivity index is 1.19. The summed E-state index contributed by atoms with van der Waals surface area (Å²) >= 11 is 0. The van der Waals surface area contributed by atoms with Gasteiger partial charge in [-0.2, -0.15) is 13.2 Å². The smallest absolute Gasteiger partial charge is 0.422 e. The topological polar surface area (TPSA) is 97.9 Å². The van der Waals surface area contributed by atoms with Crippen molar-refractivity contribution in [2.75, 3.05) is 37.7 Å². The molecule has 2 fully saturated rings. The van der Waals surface area contributed by atoms with Crippen LogP contribution < -0.4 is 14.4 Å². The Morgan fingerprint density at radius 3 is 2.28 bits per heavy atom. The number of piperidine rings is 2. The Morgan fingerprint density at radius 1 is 0.935 bits per heavy atom. The summed E-state index contributed by atoms with van der Waals surface area (Å²) in [5, 5.41) is 0. The first-order chi connectivity index (χ1) is 21.8. The number of ether oxygens (including phenoxy) is 4. The Labute approximate surface area is 266 Å². The summed E-state index contributed by atoms with van der Waals surface area (Å²) < 4.78 is 61.3. The number of alkyl halides is 3. The van der Waals surface area contributed by atoms with E-state index in [9.17, 15) is 27.6 Å². The lowest BCUT2D eigenvalue weighted by atomic mass is 10.00. The van der Waals surface area contributed by atoms with E-state index in [0.717, 1.165) is 11.3 Å². The summed E-state index contributed by atoms with van der Waals surface area (Å²) in [5.74, 6) is -0.00404. The molecule has 0 saturated carbocycles. The number of fused-ring (bicyclic) bond motifs is 1. The maximum absolute atomic E-state index is 13.3. The van der Waals surface area contributed by atoms with Gasteiger partial charge in [-0.3, -0.25) is 9.69 Å². The number of benzene rings is 2. The average Bonchev–Trinajstić information content (AvgIpc) is 3.00. The van der Waals surface area contributed by atoms with Gasteiger partial charge in [0.05, 0.1) is 12.1 Å². The molecule has 2 aromatic carbocycles. The van der Waals surface area contributed by atoms with Gasteiger partial charge >= 0.3 is 18.4 Å². The van der Waals surface area contributed by atoms with Crippen LogP contribution in [0.3, 0.4) is 0 Å². The zero-order valence-corrected chi connectivity index (χ0v) is 26.3. The van der Waals surface area contributed by atoms with Gasteiger partial charge in [0.15, 0.2) is 6.61 Å². The van der Waals surface area contributed by atoms with Crippen LogP contribution in [0.1, 0.15) is 57.6 Å². The van der Waals surface area contributed by atoms with Crippen molar-refractivity contribution >= 4 is 23.8 Å². The second-order valence-corrected chi connectivity index (χ2v) is 12.8. The highest BCUT2D eigenvalue weighted by molar-refractivity contribution is 5.91. The van der Waals surface area contributed by atoms with Crippen LogP contribution in [0.15, 0.2) is 42.5 Å². The summed E-state index contributed by atoms with van der Waals surface area (Å²) in [7, 11) is 0. The van der Waals surface area contributed by atoms with Crippen LogP contribution in [-0.2, 0) is 27.3 Å². The van der Waals surface area contributed by atoms with Crippen LogP contribution in [0.2, 0.25) is 0 Å². The number of carbonyl (C=O) groups excluding carboxylic acids is 3. The Hall–Kier alpha value is -4.16. The van der Waals surface area contributed by atoms with E-state index >= 15 is 0 Å². The first kappa shape index (κ1) is 33.2. The highest BCUT2D eigenvalue weighted by Gasteiger charge is 2.35. The summed E-state index contributed by atoms with van der Waals surface area (Å²) in [6, 6.07) is 12.0. The fourth-order valence-electron chi connectivity index (χ4n) is 5.89. The van der Waals surface area contributed by atoms with E-state index in [1.807, 2.05) is 24.3 Å². The number of rotatable bonds is 7. The Kier molecular flexibility index (Phi) is 9.88. The maximum Gasteiger partial charge on any atom is 0.422 e. The summed E-state index contributed by atoms with van der Waals surface area (Å²) in [4.78, 5) is 43.2. The van der Waals surface area contributed by atoms with Gasteiger partial charge in [0, 0.05) is 62.3 Å². The molecule has 3 aliphatic heterocycles. The molecule has 0 N–H and O–H groups in total. The molecule has 0 radical (unpaired) electrons. The number of likely N-dealkylation sites (tertiary alicyclic amines) is 2. The van der Waals surface area contributed by atoms with E-state index in [2.05, 4.69) is 0 Å². The standard InChI is InChI=1S/C33H40F3N3O7/c1-32(2,3)46-30(41)38-16-12-25(13-17-38)45-26-9-8-22(28(19-26)44-21-33(34,35)36)18-29(40)37-14-10-24(11-15-37)39-27-7-5-4-6-23(27)20-43-31(39)42/h4-9,19,24-25H,10-18,20-21H2,1-3H3. The molecule has 13 heteroatoms. The molecule has 5 rings (SSSR count). The second kappa shape index (κ2) is 13.7. The van der Waals surface area contributed by atoms with Gasteiger partial charge in [-0.05, 0) is 45.7 Å². The first-order valence-corrected chi connectivity index (χ1v) is 15.5. The highest BCUT2D eigenvalue weighted by Crippen LogP contribution is 2.33. The van der Waals surface area contributed by atoms with E-state index in [1.54, 1.807) is 47.6 Å². The lowest BCUT2D eigenvalue weighted by molar-refractivity contribution is -0.153. The summed E-state index contributed by atoms with van der Waals surface area (Å²) in [6.45, 7) is 5.73. The third-order valence-electron chi connectivity index (χ3n) is 8.15. The summed E-state index contributed by atoms with van der Waals surface area (Å²) in [6.07, 6.45) is -3.67. The predicted molar refractivity (Wildman–Crippen MR) is 162 cm³/mol. The fourth-order valence-corrected chi connectivity index (χ4v) is 5.89. The minimum Gasteiger partial charge on any atom is -0.490 e. The molecule has 3 heterocycles. The van der Waals surface area contributed by atoms with Crippen LogP contribution >= 0.6 is 0 Å². The molecule has 2 aromatic rings. The monoisotopic (exact) mass is 647 g/mol. The van der Waals surface area contributed by atoms with Crippen LogP contribution in [0.25, 0.3) is 0 Å². The molecule has 0 spiro atoms. The number of amides is 3. The van der Waals surface area contributed by atoms with Crippen molar-refractivity contribution < 1.29 is 46.5 Å². The third-order valence-corrected chi connectivity index (χ3v) is 8.15. The molecule has 0 unspecified atom stereocenters. The van der Waals surface area contributed by atoms with Gasteiger partial charge in [0.1, 0.15) is 29.8 Å². The van der Waals surface area contributed by atoms with Crippen molar-refractivity contribution in [1.82, 2.24) is 9.80 Å². The average molecular weight is 648 g/mol. The SMILES string of the molecule is CC(C)(C)OC(=O)N1CCC(Oc2ccc(CC(=O)N3CCC(N4C(=O)OCc5ccccc54)CC3)c(OCC(F)(F)F)c2)CC1. The molecule has 3 aliphatic rings. The molecule has 0 bridgehead atoms. The first-order valence-electron chi connectivity index (χ1n) is 15.5. The van der Waals surface area contributed by atoms with Gasteiger partial charge in [-0.25, -0.2) is 9.59 Å². The van der Waals surface area contributed by atoms with Gasteiger partial charge < -0.3 is 28.7 Å². The molecule has 250 valence electrons. The molecule has 0 aliphatic carbocycles. The predicted octanol–water partition coefficient (Wildman–Crippen LogP) is 6.10. The quantitative estimate of drug-likeness (QED) is 0.359. The van der Waals surface area contributed by atoms with Gasteiger partial charge in [-0.1, -0.05) is 24.3 Å². The van der Waals surface area contributed by atoms with E-state index in [4.69, 9.17) is 18.9 Å². The number of anilines is 1. The largest absolute Gasteiger partial charge is 0.490 e. The lowest BCUT2D eigenvalue weighted by Crippen LogP contribution is -2.50. The van der Waals surface area contributed by atoms with Gasteiger partial charge in [-0.15, -0.1) is 0 Å². The number of para-hydroxylation sites is 1. The van der Waals surface area contributed by atoms with E-state index in [0.29, 0.717) is 63.2 Å². The Morgan fingerprint density at radius 2 is 1.61 bits per heavy atom. The third kappa shape index (κ3) is 8.55. The van der Waals surface area contributed by atoms with E-state index in [1.165, 1.54) is 6.07 Å². The van der Waals surface area contributed by atoms with Crippen molar-refractivity contribution in [2.45, 2.75) is 83.4 Å². The number of nitrogens with zero attached hydrogens (tertiary/aromatic N) is 3. The van der Waals surface area contributed by atoms with Crippen molar-refractivity contribution in [3.05, 3.63) is 53.6 Å². The van der Waals surface area contributed by atoms with Crippen molar-refractivity contribution in [3.8, 4) is 11.5 Å².